The van der Waals surface area contributed by atoms with E-state index in [0.29, 0.717) is 5.57 Å². The number of phenolic OH excluding ortho intramolecular Hbond substituents is 1. The van der Waals surface area contributed by atoms with Crippen molar-refractivity contribution in [1.29, 1.82) is 0 Å². The molecular weight excluding hydrogens is 580 g/mol. The molecule has 10 nitrogen and oxygen atoms in total. The van der Waals surface area contributed by atoms with Crippen molar-refractivity contribution in [1.82, 2.24) is 0 Å². The van der Waals surface area contributed by atoms with Crippen LogP contribution >= 0.6 is 0 Å². The van der Waals surface area contributed by atoms with Crippen LogP contribution in [0.1, 0.15) is 91.7 Å². The molecule has 0 radical (unpaired) electrons. The maximum Gasteiger partial charge on any atom is 0.331 e. The number of unbranched alkanes of at least 4 members (excludes halogenated alkanes) is 3. The highest BCUT2D eigenvalue weighted by Crippen LogP contribution is 2.50. The molecule has 6 atom stereocenters. The summed E-state index contributed by atoms with van der Waals surface area (Å²) < 4.78 is 11.5. The van der Waals surface area contributed by atoms with Crippen molar-refractivity contribution in [2.45, 2.75) is 94.9 Å². The second-order valence-electron chi connectivity index (χ2n) is 12.2. The summed E-state index contributed by atoms with van der Waals surface area (Å²) in [5.41, 5.74) is -5.58. The first-order valence-corrected chi connectivity index (χ1v) is 15.3. The van der Waals surface area contributed by atoms with Crippen molar-refractivity contribution < 1.29 is 49.1 Å². The van der Waals surface area contributed by atoms with Crippen LogP contribution in [0.2, 0.25) is 0 Å². The Labute approximate surface area is 261 Å². The Kier molecular flexibility index (Phi) is 8.97. The molecule has 1 aromatic rings. The van der Waals surface area contributed by atoms with Crippen LogP contribution in [-0.2, 0) is 19.1 Å². The number of aliphatic hydroxyl groups excluding tert-OH is 1. The molecule has 1 aromatic carbocycles. The normalized spacial score (nSPS) is 31.2. The van der Waals surface area contributed by atoms with Gasteiger partial charge in [0, 0.05) is 35.6 Å². The third-order valence-electron chi connectivity index (χ3n) is 8.95. The Hall–Kier alpha value is -3.96. The van der Waals surface area contributed by atoms with Crippen molar-refractivity contribution >= 4 is 23.3 Å². The van der Waals surface area contributed by atoms with Gasteiger partial charge in [0.1, 0.15) is 11.4 Å². The minimum Gasteiger partial charge on any atom is -0.507 e. The number of hydrogen-bond acceptors (Lipinski definition) is 10. The van der Waals surface area contributed by atoms with Gasteiger partial charge in [0.2, 0.25) is 0 Å². The lowest BCUT2D eigenvalue weighted by Gasteiger charge is -2.47. The van der Waals surface area contributed by atoms with Gasteiger partial charge in [-0.1, -0.05) is 55.7 Å². The van der Waals surface area contributed by atoms with E-state index in [4.69, 9.17) is 9.47 Å². The molecule has 4 N–H and O–H groups in total. The predicted molar refractivity (Wildman–Crippen MR) is 162 cm³/mol. The molecular formula is C35H38O10. The summed E-state index contributed by atoms with van der Waals surface area (Å²) in [6.07, 6.45) is 10.2. The number of carbonyl (C=O) groups is 4. The molecule has 10 heteroatoms. The molecule has 1 saturated heterocycles. The average molecular weight is 619 g/mol. The van der Waals surface area contributed by atoms with Gasteiger partial charge in [-0.05, 0) is 44.9 Å². The van der Waals surface area contributed by atoms with Gasteiger partial charge in [-0.2, -0.15) is 0 Å². The van der Waals surface area contributed by atoms with Gasteiger partial charge in [-0.15, -0.1) is 0 Å². The van der Waals surface area contributed by atoms with Gasteiger partial charge in [0.15, 0.2) is 29.1 Å². The monoisotopic (exact) mass is 618 g/mol. The highest BCUT2D eigenvalue weighted by Gasteiger charge is 2.62. The van der Waals surface area contributed by atoms with Crippen molar-refractivity contribution in [2.75, 3.05) is 0 Å². The number of Topliss-reactive ketones (excluding diaryl/α,β-unsaturated/α-hetero) is 2. The van der Waals surface area contributed by atoms with E-state index in [1.54, 1.807) is 26.0 Å². The van der Waals surface area contributed by atoms with Gasteiger partial charge in [0.05, 0.1) is 29.4 Å². The second-order valence-corrected chi connectivity index (χ2v) is 12.2. The summed E-state index contributed by atoms with van der Waals surface area (Å²) in [7, 11) is 0. The van der Waals surface area contributed by atoms with Crippen LogP contribution in [0.15, 0.2) is 71.4 Å². The maximum absolute atomic E-state index is 13.7. The van der Waals surface area contributed by atoms with E-state index in [2.05, 4.69) is 6.92 Å². The van der Waals surface area contributed by atoms with Crippen LogP contribution in [0, 0.1) is 0 Å². The minimum atomic E-state index is -2.67. The van der Waals surface area contributed by atoms with Crippen LogP contribution < -0.4 is 0 Å². The Balaban J connectivity index is 1.35. The zero-order chi connectivity index (χ0) is 32.7. The first-order valence-electron chi connectivity index (χ1n) is 15.3. The molecule has 5 rings (SSSR count). The lowest BCUT2D eigenvalue weighted by atomic mass is 9.60. The number of hydrogen-bond donors (Lipinski definition) is 4. The van der Waals surface area contributed by atoms with Gasteiger partial charge >= 0.3 is 5.97 Å². The van der Waals surface area contributed by atoms with E-state index in [9.17, 15) is 39.6 Å². The summed E-state index contributed by atoms with van der Waals surface area (Å²) in [6.45, 7) is 5.34. The van der Waals surface area contributed by atoms with Crippen LogP contribution in [0.4, 0.5) is 0 Å². The highest BCUT2D eigenvalue weighted by atomic mass is 16.6. The molecule has 0 saturated carbocycles. The number of esters is 1. The molecule has 238 valence electrons. The van der Waals surface area contributed by atoms with E-state index in [0.717, 1.165) is 37.8 Å². The Morgan fingerprint density at radius 1 is 1.13 bits per heavy atom. The molecule has 0 aromatic heterocycles. The summed E-state index contributed by atoms with van der Waals surface area (Å²) in [6, 6.07) is 2.66. The smallest absolute Gasteiger partial charge is 0.331 e. The number of benzene rings is 1. The minimum absolute atomic E-state index is 0.0847. The first-order chi connectivity index (χ1) is 21.3. The third-order valence-corrected chi connectivity index (χ3v) is 8.95. The fraction of sp³-hybridized carbons (Fsp3) is 0.429. The van der Waals surface area contributed by atoms with Gasteiger partial charge in [-0.25, -0.2) is 4.79 Å². The molecule has 3 aliphatic carbocycles. The summed E-state index contributed by atoms with van der Waals surface area (Å²) in [5, 5.41) is 45.0. The fourth-order valence-corrected chi connectivity index (χ4v) is 6.62. The Bertz CT molecular complexity index is 1580. The molecule has 0 spiro atoms. The topological polar surface area (TPSA) is 168 Å². The van der Waals surface area contributed by atoms with Crippen molar-refractivity contribution in [2.24, 2.45) is 0 Å². The molecule has 0 bridgehead atoms. The van der Waals surface area contributed by atoms with Crippen molar-refractivity contribution in [3.05, 3.63) is 88.1 Å². The zero-order valence-corrected chi connectivity index (χ0v) is 25.5. The van der Waals surface area contributed by atoms with Crippen molar-refractivity contribution in [3.63, 3.8) is 0 Å². The molecule has 45 heavy (non-hydrogen) atoms. The lowest BCUT2D eigenvalue weighted by Crippen LogP contribution is -2.64. The molecule has 1 heterocycles. The van der Waals surface area contributed by atoms with E-state index >= 15 is 0 Å². The molecule has 0 amide bonds. The summed E-state index contributed by atoms with van der Waals surface area (Å²) >= 11 is 0. The fourth-order valence-electron chi connectivity index (χ4n) is 6.62. The number of ketones is 3. The molecule has 1 aliphatic heterocycles. The number of carbonyl (C=O) groups excluding carboxylic acids is 4. The second kappa shape index (κ2) is 12.4. The van der Waals surface area contributed by atoms with E-state index < -0.39 is 70.3 Å². The number of ether oxygens (including phenoxy) is 2. The molecule has 4 aliphatic rings. The van der Waals surface area contributed by atoms with E-state index in [1.807, 2.05) is 6.08 Å². The van der Waals surface area contributed by atoms with Crippen LogP contribution in [0.25, 0.3) is 0 Å². The summed E-state index contributed by atoms with van der Waals surface area (Å²) in [5.74, 6) is -3.79. The molecule has 1 fully saturated rings. The summed E-state index contributed by atoms with van der Waals surface area (Å²) in [4.78, 5) is 52.9. The SMILES string of the molecule is CCCCC/C=C/C=C/C(=O)OC1C(O)CC(c2ccc3c(c2O)C(=O)C2=C(C3=O)C3(O)C(=O)C=C(C)CC3(O)C=C2)OC1C. The van der Waals surface area contributed by atoms with E-state index in [1.165, 1.54) is 24.3 Å². The third kappa shape index (κ3) is 5.56. The van der Waals surface area contributed by atoms with Gasteiger partial charge in [0.25, 0.3) is 0 Å². The number of aliphatic hydroxyl groups is 3. The van der Waals surface area contributed by atoms with Gasteiger partial charge < -0.3 is 29.9 Å². The zero-order valence-electron chi connectivity index (χ0n) is 25.5. The first kappa shape index (κ1) is 32.4. The number of fused-ring (bicyclic) bond motifs is 3. The van der Waals surface area contributed by atoms with Crippen LogP contribution in [0.5, 0.6) is 5.75 Å². The van der Waals surface area contributed by atoms with Gasteiger partial charge in [-0.3, -0.25) is 14.4 Å². The van der Waals surface area contributed by atoms with Crippen LogP contribution in [-0.4, -0.2) is 73.3 Å². The van der Waals surface area contributed by atoms with Crippen molar-refractivity contribution in [3.8, 4) is 5.75 Å². The maximum atomic E-state index is 13.7. The average Bonchev–Trinajstić information content (AvgIpc) is 2.97. The van der Waals surface area contributed by atoms with E-state index in [-0.39, 0.29) is 35.1 Å². The predicted octanol–water partition coefficient (Wildman–Crippen LogP) is 3.83. The molecule has 6 unspecified atom stereocenters. The number of aromatic hydroxyl groups is 1. The number of allylic oxidation sites excluding steroid dienone is 5. The van der Waals surface area contributed by atoms with Crippen LogP contribution in [0.3, 0.4) is 0 Å². The highest BCUT2D eigenvalue weighted by molar-refractivity contribution is 6.32. The Morgan fingerprint density at radius 2 is 1.89 bits per heavy atom. The largest absolute Gasteiger partial charge is 0.507 e. The lowest BCUT2D eigenvalue weighted by molar-refractivity contribution is -0.190. The standard InChI is InChI=1S/C35H38O10/c1-4-5-6-7-8-9-10-11-27(38)45-33-20(3)44-25(17-24(33)36)21-12-13-22-28(30(21)39)31(40)23-14-15-34(42)18-19(2)16-26(37)35(34,43)29(23)32(22)41/h8-16,20,24-25,33,36,39,42-43H,4-7,17-18H2,1-3H3/b9-8+,11-10+. The number of rotatable bonds is 8. The Morgan fingerprint density at radius 3 is 2.60 bits per heavy atom. The quantitative estimate of drug-likeness (QED) is 0.145. The number of phenols is 1.